The van der Waals surface area contributed by atoms with Gasteiger partial charge >= 0.3 is 0 Å². The number of hydrogen-bond donors (Lipinski definition) is 1. The number of aromatic nitrogens is 4. The number of carbonyl (C=O) groups is 2. The van der Waals surface area contributed by atoms with Crippen LogP contribution in [0.2, 0.25) is 0 Å². The fraction of sp³-hybridized carbons (Fsp3) is 0.550. The molecule has 3 aliphatic rings. The molecule has 3 fully saturated rings. The Balaban J connectivity index is 1.28. The summed E-state index contributed by atoms with van der Waals surface area (Å²) in [5.41, 5.74) is 1.59. The molecule has 2 saturated carbocycles. The first-order valence-corrected chi connectivity index (χ1v) is 10.2. The summed E-state index contributed by atoms with van der Waals surface area (Å²) in [6.07, 6.45) is 7.00. The Bertz CT molecular complexity index is 900. The average Bonchev–Trinajstić information content (AvgIpc) is 3.11. The van der Waals surface area contributed by atoms with E-state index < -0.39 is 0 Å². The van der Waals surface area contributed by atoms with Gasteiger partial charge in [-0.25, -0.2) is 4.68 Å². The number of rotatable bonds is 5. The number of carbonyl (C=O) groups excluding carboxylic acids is 2. The number of hydrogen-bond acceptors (Lipinski definition) is 5. The van der Waals surface area contributed by atoms with E-state index >= 15 is 0 Å². The van der Waals surface area contributed by atoms with Gasteiger partial charge in [0.05, 0.1) is 12.0 Å². The van der Waals surface area contributed by atoms with E-state index in [9.17, 15) is 9.59 Å². The van der Waals surface area contributed by atoms with Gasteiger partial charge in [0.2, 0.25) is 11.8 Å². The highest BCUT2D eigenvalue weighted by atomic mass is 16.2. The molecule has 2 heterocycles. The van der Waals surface area contributed by atoms with Crippen molar-refractivity contribution >= 4 is 17.5 Å². The summed E-state index contributed by atoms with van der Waals surface area (Å²) in [6, 6.07) is 8.30. The first-order chi connectivity index (χ1) is 13.7. The Morgan fingerprint density at radius 2 is 1.93 bits per heavy atom. The van der Waals surface area contributed by atoms with Crippen LogP contribution in [0, 0.1) is 5.92 Å². The highest BCUT2D eigenvalue weighted by Crippen LogP contribution is 2.37. The van der Waals surface area contributed by atoms with Crippen molar-refractivity contribution in [2.45, 2.75) is 57.0 Å². The van der Waals surface area contributed by atoms with E-state index in [0.717, 1.165) is 37.1 Å². The first kappa shape index (κ1) is 17.3. The molecule has 5 rings (SSSR count). The van der Waals surface area contributed by atoms with Gasteiger partial charge in [0.1, 0.15) is 0 Å². The van der Waals surface area contributed by atoms with Crippen LogP contribution in [-0.4, -0.2) is 49.5 Å². The summed E-state index contributed by atoms with van der Waals surface area (Å²) in [5.74, 6) is 0.466. The predicted molar refractivity (Wildman–Crippen MR) is 102 cm³/mol. The molecule has 8 heteroatoms. The Labute approximate surface area is 163 Å². The Morgan fingerprint density at radius 1 is 1.11 bits per heavy atom. The van der Waals surface area contributed by atoms with E-state index in [2.05, 4.69) is 20.8 Å². The van der Waals surface area contributed by atoms with Crippen LogP contribution in [0.3, 0.4) is 0 Å². The molecule has 1 aliphatic heterocycles. The molecule has 0 bridgehead atoms. The molecular formula is C20H24N6O2. The zero-order valence-electron chi connectivity index (χ0n) is 15.8. The topological polar surface area (TPSA) is 93.0 Å². The molecule has 2 aromatic rings. The standard InChI is InChI=1S/C20H24N6O2/c27-18-11-14(12-25(18)16-6-1-2-7-16)20(28)21-15-5-3-4-13(10-15)19-22-23-24-26(19)17-8-9-17/h3-5,10,14,16-17H,1-2,6-9,11-12H2,(H,21,28)/t14-/m1/s1. The lowest BCUT2D eigenvalue weighted by molar-refractivity contribution is -0.129. The molecule has 1 saturated heterocycles. The van der Waals surface area contributed by atoms with Gasteiger partial charge in [-0.05, 0) is 48.2 Å². The van der Waals surface area contributed by atoms with Gasteiger partial charge in [0.15, 0.2) is 5.82 Å². The Kier molecular flexibility index (Phi) is 4.33. The van der Waals surface area contributed by atoms with Crippen molar-refractivity contribution in [3.8, 4) is 11.4 Å². The fourth-order valence-corrected chi connectivity index (χ4v) is 4.41. The third kappa shape index (κ3) is 3.27. The largest absolute Gasteiger partial charge is 0.339 e. The molecule has 1 atom stereocenters. The second-order valence-corrected chi connectivity index (χ2v) is 8.13. The van der Waals surface area contributed by atoms with E-state index in [-0.39, 0.29) is 17.7 Å². The predicted octanol–water partition coefficient (Wildman–Crippen LogP) is 2.40. The van der Waals surface area contributed by atoms with E-state index in [0.29, 0.717) is 30.7 Å². The Morgan fingerprint density at radius 3 is 2.71 bits per heavy atom. The molecule has 0 radical (unpaired) electrons. The normalized spacial score (nSPS) is 22.8. The van der Waals surface area contributed by atoms with Crippen molar-refractivity contribution in [1.82, 2.24) is 25.1 Å². The van der Waals surface area contributed by atoms with Crippen molar-refractivity contribution in [3.63, 3.8) is 0 Å². The third-order valence-electron chi connectivity index (χ3n) is 6.07. The summed E-state index contributed by atoms with van der Waals surface area (Å²) in [4.78, 5) is 27.1. The van der Waals surface area contributed by atoms with E-state index in [1.807, 2.05) is 33.8 Å². The summed E-state index contributed by atoms with van der Waals surface area (Å²) in [7, 11) is 0. The zero-order valence-corrected chi connectivity index (χ0v) is 15.8. The third-order valence-corrected chi connectivity index (χ3v) is 6.07. The summed E-state index contributed by atoms with van der Waals surface area (Å²) < 4.78 is 1.86. The van der Waals surface area contributed by atoms with Crippen LogP contribution in [0.5, 0.6) is 0 Å². The number of amides is 2. The lowest BCUT2D eigenvalue weighted by Gasteiger charge is -2.23. The minimum Gasteiger partial charge on any atom is -0.339 e. The number of nitrogens with zero attached hydrogens (tertiary/aromatic N) is 5. The second kappa shape index (κ2) is 7.00. The summed E-state index contributed by atoms with van der Waals surface area (Å²) >= 11 is 0. The summed E-state index contributed by atoms with van der Waals surface area (Å²) in [5, 5.41) is 15.0. The number of benzene rings is 1. The van der Waals surface area contributed by atoms with E-state index in [1.165, 1.54) is 12.8 Å². The molecule has 1 aromatic carbocycles. The van der Waals surface area contributed by atoms with Crippen molar-refractivity contribution in [2.24, 2.45) is 5.92 Å². The van der Waals surface area contributed by atoms with Crippen LogP contribution < -0.4 is 5.32 Å². The highest BCUT2D eigenvalue weighted by molar-refractivity contribution is 5.97. The minimum atomic E-state index is -0.284. The number of nitrogens with one attached hydrogen (secondary N) is 1. The van der Waals surface area contributed by atoms with Gasteiger partial charge in [0, 0.05) is 30.3 Å². The highest BCUT2D eigenvalue weighted by Gasteiger charge is 2.38. The molecule has 2 amide bonds. The van der Waals surface area contributed by atoms with Crippen LogP contribution >= 0.6 is 0 Å². The molecule has 2 aliphatic carbocycles. The quantitative estimate of drug-likeness (QED) is 0.860. The van der Waals surface area contributed by atoms with Crippen molar-refractivity contribution in [1.29, 1.82) is 0 Å². The zero-order chi connectivity index (χ0) is 19.1. The van der Waals surface area contributed by atoms with Crippen LogP contribution in [0.25, 0.3) is 11.4 Å². The molecule has 8 nitrogen and oxygen atoms in total. The molecule has 146 valence electrons. The van der Waals surface area contributed by atoms with Crippen LogP contribution in [0.15, 0.2) is 24.3 Å². The van der Waals surface area contributed by atoms with Crippen molar-refractivity contribution in [3.05, 3.63) is 24.3 Å². The minimum absolute atomic E-state index is 0.0900. The van der Waals surface area contributed by atoms with Gasteiger partial charge in [0.25, 0.3) is 0 Å². The maximum Gasteiger partial charge on any atom is 0.229 e. The molecule has 0 unspecified atom stereocenters. The van der Waals surface area contributed by atoms with Gasteiger partial charge in [-0.1, -0.05) is 25.0 Å². The van der Waals surface area contributed by atoms with Crippen LogP contribution in [0.1, 0.15) is 51.0 Å². The van der Waals surface area contributed by atoms with Gasteiger partial charge in [-0.15, -0.1) is 5.10 Å². The average molecular weight is 380 g/mol. The molecule has 28 heavy (non-hydrogen) atoms. The van der Waals surface area contributed by atoms with Gasteiger partial charge in [-0.3, -0.25) is 9.59 Å². The molecular weight excluding hydrogens is 356 g/mol. The first-order valence-electron chi connectivity index (χ1n) is 10.2. The number of tetrazole rings is 1. The maximum absolute atomic E-state index is 12.8. The van der Waals surface area contributed by atoms with Crippen LogP contribution in [-0.2, 0) is 9.59 Å². The lowest BCUT2D eigenvalue weighted by Crippen LogP contribution is -2.35. The maximum atomic E-state index is 12.8. The van der Waals surface area contributed by atoms with E-state index in [1.54, 1.807) is 0 Å². The smallest absolute Gasteiger partial charge is 0.229 e. The Hall–Kier alpha value is -2.77. The fourth-order valence-electron chi connectivity index (χ4n) is 4.41. The molecule has 1 N–H and O–H groups in total. The number of anilines is 1. The van der Waals surface area contributed by atoms with Crippen LogP contribution in [0.4, 0.5) is 5.69 Å². The van der Waals surface area contributed by atoms with Gasteiger partial charge in [-0.2, -0.15) is 0 Å². The van der Waals surface area contributed by atoms with Crippen molar-refractivity contribution < 1.29 is 9.59 Å². The van der Waals surface area contributed by atoms with E-state index in [4.69, 9.17) is 0 Å². The molecule has 0 spiro atoms. The second-order valence-electron chi connectivity index (χ2n) is 8.13. The lowest BCUT2D eigenvalue weighted by atomic mass is 10.1. The van der Waals surface area contributed by atoms with Crippen molar-refractivity contribution in [2.75, 3.05) is 11.9 Å². The SMILES string of the molecule is O=C(Nc1cccc(-c2nnnn2C2CC2)c1)[C@@H]1CC(=O)N(C2CCCC2)C1. The van der Waals surface area contributed by atoms with Gasteiger partial charge < -0.3 is 10.2 Å². The summed E-state index contributed by atoms with van der Waals surface area (Å²) in [6.45, 7) is 0.537. The molecule has 1 aromatic heterocycles. The monoisotopic (exact) mass is 380 g/mol. The number of likely N-dealkylation sites (tertiary alicyclic amines) is 1.